The van der Waals surface area contributed by atoms with E-state index >= 15 is 0 Å². The van der Waals surface area contributed by atoms with E-state index in [4.69, 9.17) is 0 Å². The topological polar surface area (TPSA) is 58.1 Å². The molecule has 1 aliphatic rings. The van der Waals surface area contributed by atoms with Crippen molar-refractivity contribution in [3.05, 3.63) is 46.7 Å². The van der Waals surface area contributed by atoms with E-state index in [9.17, 15) is 4.79 Å². The molecule has 2 aromatic heterocycles. The molecule has 6 heteroatoms. The van der Waals surface area contributed by atoms with Gasteiger partial charge in [-0.3, -0.25) is 14.7 Å². The summed E-state index contributed by atoms with van der Waals surface area (Å²) < 4.78 is 0. The average Bonchev–Trinajstić information content (AvgIpc) is 3.15. The van der Waals surface area contributed by atoms with Crippen LogP contribution in [0.5, 0.6) is 0 Å². The summed E-state index contributed by atoms with van der Waals surface area (Å²) in [5.74, 6) is 0.521. The lowest BCUT2D eigenvalue weighted by Crippen LogP contribution is -2.43. The molecule has 1 aliphatic heterocycles. The number of carbonyl (C=O) groups excluding carboxylic acids is 1. The summed E-state index contributed by atoms with van der Waals surface area (Å²) in [6.45, 7) is 8.88. The van der Waals surface area contributed by atoms with Crippen LogP contribution in [0.3, 0.4) is 0 Å². The number of piperidine rings is 1. The molecule has 1 atom stereocenters. The largest absolute Gasteiger partial charge is 0.346 e. The van der Waals surface area contributed by atoms with Crippen molar-refractivity contribution in [3.63, 3.8) is 0 Å². The Kier molecular flexibility index (Phi) is 6.04. The van der Waals surface area contributed by atoms with Crippen LogP contribution >= 0.6 is 11.3 Å². The maximum absolute atomic E-state index is 12.6. The number of aromatic nitrogens is 2. The van der Waals surface area contributed by atoms with Crippen molar-refractivity contribution in [1.82, 2.24) is 20.2 Å². The quantitative estimate of drug-likeness (QED) is 0.870. The molecule has 1 saturated heterocycles. The van der Waals surface area contributed by atoms with E-state index in [1.165, 1.54) is 5.56 Å². The molecule has 3 rings (SSSR count). The monoisotopic (exact) mass is 372 g/mol. The summed E-state index contributed by atoms with van der Waals surface area (Å²) in [5.41, 5.74) is 0.861. The zero-order valence-corrected chi connectivity index (χ0v) is 16.6. The van der Waals surface area contributed by atoms with Crippen molar-refractivity contribution in [2.75, 3.05) is 13.1 Å². The highest BCUT2D eigenvalue weighted by Gasteiger charge is 2.33. The third-order valence-electron chi connectivity index (χ3n) is 4.92. The molecule has 1 amide bonds. The van der Waals surface area contributed by atoms with Crippen LogP contribution in [0.1, 0.15) is 50.2 Å². The Morgan fingerprint density at radius 1 is 1.35 bits per heavy atom. The smallest absolute Gasteiger partial charge is 0.225 e. The normalized spacial score (nSPS) is 17.8. The van der Waals surface area contributed by atoms with Gasteiger partial charge in [0, 0.05) is 35.9 Å². The van der Waals surface area contributed by atoms with E-state index in [0.717, 1.165) is 37.5 Å². The van der Waals surface area contributed by atoms with Crippen molar-refractivity contribution >= 4 is 17.2 Å². The van der Waals surface area contributed by atoms with E-state index in [1.54, 1.807) is 11.3 Å². The Morgan fingerprint density at radius 2 is 2.12 bits per heavy atom. The second-order valence-electron chi connectivity index (χ2n) is 8.05. The van der Waals surface area contributed by atoms with E-state index < -0.39 is 5.41 Å². The molecule has 0 spiro atoms. The third-order valence-corrected chi connectivity index (χ3v) is 5.78. The number of hydrogen-bond donors (Lipinski definition) is 1. The summed E-state index contributed by atoms with van der Waals surface area (Å²) >= 11 is 1.63. The first kappa shape index (κ1) is 19.0. The molecular formula is C20H28N4OS. The van der Waals surface area contributed by atoms with E-state index in [1.807, 2.05) is 50.8 Å². The molecule has 2 aromatic rings. The van der Waals surface area contributed by atoms with E-state index in [2.05, 4.69) is 26.3 Å². The molecule has 0 bridgehead atoms. The van der Waals surface area contributed by atoms with Gasteiger partial charge in [0.2, 0.25) is 5.91 Å². The molecule has 140 valence electrons. The summed E-state index contributed by atoms with van der Waals surface area (Å²) in [6, 6.07) is 4.13. The molecule has 0 radical (unpaired) electrons. The van der Waals surface area contributed by atoms with Gasteiger partial charge in [0.05, 0.1) is 6.04 Å². The average molecular weight is 373 g/mol. The van der Waals surface area contributed by atoms with Gasteiger partial charge in [-0.15, -0.1) is 11.3 Å². The first-order valence-corrected chi connectivity index (χ1v) is 10.1. The Balaban J connectivity index is 1.63. The van der Waals surface area contributed by atoms with Crippen molar-refractivity contribution < 1.29 is 4.79 Å². The highest BCUT2D eigenvalue weighted by Crippen LogP contribution is 2.33. The van der Waals surface area contributed by atoms with Crippen molar-refractivity contribution in [2.24, 2.45) is 11.3 Å². The second-order valence-corrected chi connectivity index (χ2v) is 8.97. The van der Waals surface area contributed by atoms with Gasteiger partial charge in [-0.05, 0) is 43.5 Å². The van der Waals surface area contributed by atoms with Crippen LogP contribution in [0.15, 0.2) is 36.1 Å². The molecule has 1 N–H and O–H groups in total. The lowest BCUT2D eigenvalue weighted by molar-refractivity contribution is -0.129. The number of amides is 1. The van der Waals surface area contributed by atoms with E-state index in [0.29, 0.717) is 5.92 Å². The van der Waals surface area contributed by atoms with Crippen LogP contribution in [-0.2, 0) is 11.3 Å². The van der Waals surface area contributed by atoms with E-state index in [-0.39, 0.29) is 11.9 Å². The van der Waals surface area contributed by atoms with Gasteiger partial charge in [-0.25, -0.2) is 4.98 Å². The number of carbonyl (C=O) groups is 1. The van der Waals surface area contributed by atoms with Gasteiger partial charge in [-0.2, -0.15) is 0 Å². The van der Waals surface area contributed by atoms with Gasteiger partial charge in [0.15, 0.2) is 0 Å². The Morgan fingerprint density at radius 3 is 2.69 bits per heavy atom. The van der Waals surface area contributed by atoms with Crippen LogP contribution in [0.4, 0.5) is 0 Å². The van der Waals surface area contributed by atoms with Gasteiger partial charge < -0.3 is 5.32 Å². The first-order chi connectivity index (χ1) is 12.4. The van der Waals surface area contributed by atoms with Gasteiger partial charge in [0.1, 0.15) is 5.01 Å². The molecule has 0 saturated carbocycles. The zero-order valence-electron chi connectivity index (χ0n) is 15.8. The number of rotatable bonds is 5. The fourth-order valence-electron chi connectivity index (χ4n) is 3.32. The number of nitrogens with one attached hydrogen (secondary N) is 1. The molecule has 3 heterocycles. The summed E-state index contributed by atoms with van der Waals surface area (Å²) in [4.78, 5) is 23.7. The second kappa shape index (κ2) is 8.27. The SMILES string of the molecule is CC(C)(C)C(=O)NC(c1nccs1)C1CCN(Cc2cccnc2)CC1. The minimum absolute atomic E-state index is 0.0160. The van der Waals surface area contributed by atoms with Crippen LogP contribution in [0.2, 0.25) is 0 Å². The zero-order chi connectivity index (χ0) is 18.6. The lowest BCUT2D eigenvalue weighted by Gasteiger charge is -2.36. The highest BCUT2D eigenvalue weighted by molar-refractivity contribution is 7.09. The standard InChI is InChI=1S/C20H28N4OS/c1-20(2,3)19(25)23-17(18-22-9-12-26-18)16-6-10-24(11-7-16)14-15-5-4-8-21-13-15/h4-5,8-9,12-13,16-17H,6-7,10-11,14H2,1-3H3,(H,23,25). The molecule has 26 heavy (non-hydrogen) atoms. The van der Waals surface area contributed by atoms with Crippen molar-refractivity contribution in [1.29, 1.82) is 0 Å². The molecule has 1 unspecified atom stereocenters. The third kappa shape index (κ3) is 4.89. The maximum atomic E-state index is 12.6. The molecule has 0 aromatic carbocycles. The minimum atomic E-state index is -0.392. The Hall–Kier alpha value is -1.79. The van der Waals surface area contributed by atoms with Crippen LogP contribution in [0.25, 0.3) is 0 Å². The molecule has 5 nitrogen and oxygen atoms in total. The Labute approximate surface area is 159 Å². The number of nitrogens with zero attached hydrogens (tertiary/aromatic N) is 3. The number of thiazole rings is 1. The predicted octanol–water partition coefficient (Wildman–Crippen LogP) is 3.65. The summed E-state index contributed by atoms with van der Waals surface area (Å²) in [5, 5.41) is 6.28. The van der Waals surface area contributed by atoms with Crippen molar-refractivity contribution in [2.45, 2.75) is 46.2 Å². The molecule has 0 aliphatic carbocycles. The summed E-state index contributed by atoms with van der Waals surface area (Å²) in [6.07, 6.45) is 7.71. The van der Waals surface area contributed by atoms with Crippen LogP contribution in [-0.4, -0.2) is 33.9 Å². The minimum Gasteiger partial charge on any atom is -0.346 e. The fraction of sp³-hybridized carbons (Fsp3) is 0.550. The predicted molar refractivity (Wildman–Crippen MR) is 105 cm³/mol. The number of hydrogen-bond acceptors (Lipinski definition) is 5. The van der Waals surface area contributed by atoms with Crippen molar-refractivity contribution in [3.8, 4) is 0 Å². The van der Waals surface area contributed by atoms with Gasteiger partial charge in [0.25, 0.3) is 0 Å². The first-order valence-electron chi connectivity index (χ1n) is 9.25. The molecule has 1 fully saturated rings. The number of pyridine rings is 1. The van der Waals surface area contributed by atoms with Crippen LogP contribution < -0.4 is 5.32 Å². The Bertz CT molecular complexity index is 688. The molecular weight excluding hydrogens is 344 g/mol. The van der Waals surface area contributed by atoms with Crippen LogP contribution in [0, 0.1) is 11.3 Å². The lowest BCUT2D eigenvalue weighted by atomic mass is 9.87. The fourth-order valence-corrected chi connectivity index (χ4v) is 4.10. The maximum Gasteiger partial charge on any atom is 0.225 e. The van der Waals surface area contributed by atoms with Gasteiger partial charge >= 0.3 is 0 Å². The number of likely N-dealkylation sites (tertiary alicyclic amines) is 1. The highest BCUT2D eigenvalue weighted by atomic mass is 32.1. The summed E-state index contributed by atoms with van der Waals surface area (Å²) in [7, 11) is 0. The van der Waals surface area contributed by atoms with Gasteiger partial charge in [-0.1, -0.05) is 26.8 Å².